The van der Waals surface area contributed by atoms with Crippen LogP contribution in [0.3, 0.4) is 0 Å². The van der Waals surface area contributed by atoms with Crippen LogP contribution in [0.2, 0.25) is 0 Å². The van der Waals surface area contributed by atoms with Gasteiger partial charge in [0.15, 0.2) is 10.2 Å². The third-order valence-corrected chi connectivity index (χ3v) is 4.24. The molecule has 0 radical (unpaired) electrons. The van der Waals surface area contributed by atoms with Crippen molar-refractivity contribution in [2.75, 3.05) is 53.4 Å². The van der Waals surface area contributed by atoms with Gasteiger partial charge >= 0.3 is 0 Å². The highest BCUT2D eigenvalue weighted by Crippen LogP contribution is 2.01. The maximum atomic E-state index is 5.02. The van der Waals surface area contributed by atoms with E-state index in [1.807, 2.05) is 13.2 Å². The van der Waals surface area contributed by atoms with E-state index in [0.717, 1.165) is 57.8 Å². The van der Waals surface area contributed by atoms with E-state index in [-0.39, 0.29) is 0 Å². The van der Waals surface area contributed by atoms with Crippen LogP contribution in [0.1, 0.15) is 11.3 Å². The first kappa shape index (κ1) is 22.4. The molecule has 1 aromatic rings. The molecule has 0 bridgehead atoms. The quantitative estimate of drug-likeness (QED) is 0.193. The second-order valence-corrected chi connectivity index (χ2v) is 6.38. The Morgan fingerprint density at radius 1 is 0.846 bits per heavy atom. The molecule has 0 fully saturated rings. The minimum Gasteiger partial charge on any atom is -0.366 e. The van der Waals surface area contributed by atoms with Crippen molar-refractivity contribution in [2.24, 2.45) is 0 Å². The van der Waals surface area contributed by atoms with Gasteiger partial charge in [-0.15, -0.1) is 0 Å². The van der Waals surface area contributed by atoms with Crippen LogP contribution in [0.25, 0.3) is 0 Å². The third kappa shape index (κ3) is 11.1. The summed E-state index contributed by atoms with van der Waals surface area (Å²) >= 11 is 10.0. The fourth-order valence-electron chi connectivity index (χ4n) is 2.12. The average Bonchev–Trinajstić information content (AvgIpc) is 2.67. The Morgan fingerprint density at radius 3 is 2.00 bits per heavy atom. The van der Waals surface area contributed by atoms with E-state index in [0.29, 0.717) is 10.2 Å². The van der Waals surface area contributed by atoms with E-state index in [1.54, 1.807) is 7.05 Å². The molecule has 1 aromatic heterocycles. The van der Waals surface area contributed by atoms with E-state index < -0.39 is 0 Å². The normalized spacial score (nSPS) is 10.2. The van der Waals surface area contributed by atoms with Gasteiger partial charge in [-0.2, -0.15) is 10.2 Å². The molecule has 0 aromatic carbocycles. The van der Waals surface area contributed by atoms with Gasteiger partial charge in [-0.25, -0.2) is 0 Å². The Labute approximate surface area is 166 Å². The van der Waals surface area contributed by atoms with Crippen LogP contribution >= 0.6 is 24.4 Å². The van der Waals surface area contributed by atoms with Crippen LogP contribution in [-0.2, 0) is 12.8 Å². The molecule has 0 aliphatic heterocycles. The van der Waals surface area contributed by atoms with Gasteiger partial charge in [-0.3, -0.25) is 0 Å². The Morgan fingerprint density at radius 2 is 1.42 bits per heavy atom. The van der Waals surface area contributed by atoms with Crippen molar-refractivity contribution in [1.29, 1.82) is 0 Å². The summed E-state index contributed by atoms with van der Waals surface area (Å²) in [6.07, 6.45) is 3.61. The molecule has 0 amide bonds. The molecule has 8 nitrogen and oxygen atoms in total. The highest BCUT2D eigenvalue weighted by molar-refractivity contribution is 7.80. The Kier molecular flexibility index (Phi) is 12.5. The summed E-state index contributed by atoms with van der Waals surface area (Å²) in [5, 5.41) is 28.3. The topological polar surface area (TPSA) is 98.0 Å². The fourth-order valence-corrected chi connectivity index (χ4v) is 2.33. The van der Waals surface area contributed by atoms with Gasteiger partial charge in [0.1, 0.15) is 0 Å². The van der Waals surface area contributed by atoms with Crippen LogP contribution < -0.4 is 31.9 Å². The lowest BCUT2D eigenvalue weighted by molar-refractivity contribution is 0.652. The summed E-state index contributed by atoms with van der Waals surface area (Å²) in [7, 11) is 3.61. The molecule has 146 valence electrons. The third-order valence-electron chi connectivity index (χ3n) is 3.54. The van der Waals surface area contributed by atoms with Crippen LogP contribution in [0.4, 0.5) is 0 Å². The van der Waals surface area contributed by atoms with Crippen LogP contribution in [0.15, 0.2) is 12.3 Å². The Bertz CT molecular complexity index is 497. The van der Waals surface area contributed by atoms with Gasteiger partial charge < -0.3 is 31.9 Å². The second-order valence-electron chi connectivity index (χ2n) is 5.57. The number of rotatable bonds is 12. The van der Waals surface area contributed by atoms with Gasteiger partial charge in [0.05, 0.1) is 11.9 Å². The Hall–Kier alpha value is -1.62. The summed E-state index contributed by atoms with van der Waals surface area (Å²) in [4.78, 5) is 0. The van der Waals surface area contributed by atoms with E-state index in [9.17, 15) is 0 Å². The van der Waals surface area contributed by atoms with Gasteiger partial charge in [-0.1, -0.05) is 0 Å². The number of aromatic nitrogens is 2. The summed E-state index contributed by atoms with van der Waals surface area (Å²) in [6, 6.07) is 2.12. The van der Waals surface area contributed by atoms with Crippen LogP contribution in [0.5, 0.6) is 0 Å². The van der Waals surface area contributed by atoms with Crippen molar-refractivity contribution in [1.82, 2.24) is 42.1 Å². The second kappa shape index (κ2) is 14.5. The molecular weight excluding hydrogens is 368 g/mol. The zero-order chi connectivity index (χ0) is 19.0. The smallest absolute Gasteiger partial charge is 0.166 e. The minimum absolute atomic E-state index is 0.666. The molecule has 1 heterocycles. The summed E-state index contributed by atoms with van der Waals surface area (Å²) in [5.41, 5.74) is 2.21. The van der Waals surface area contributed by atoms with Crippen molar-refractivity contribution in [2.45, 2.75) is 12.8 Å². The van der Waals surface area contributed by atoms with Gasteiger partial charge in [0, 0.05) is 53.2 Å². The predicted octanol–water partition coefficient (Wildman–Crippen LogP) is -1.07. The van der Waals surface area contributed by atoms with Gasteiger partial charge in [0.2, 0.25) is 0 Å². The SMILES string of the molecule is CNC(=S)NCCNCCc1cnnc(CCNCCNC(=S)NC)c1. The lowest BCUT2D eigenvalue weighted by atomic mass is 10.1. The van der Waals surface area contributed by atoms with Crippen molar-refractivity contribution < 1.29 is 0 Å². The first-order valence-corrected chi connectivity index (χ1v) is 9.60. The van der Waals surface area contributed by atoms with Crippen molar-refractivity contribution >= 4 is 34.7 Å². The zero-order valence-corrected chi connectivity index (χ0v) is 17.2. The summed E-state index contributed by atoms with van der Waals surface area (Å²) < 4.78 is 0. The molecule has 0 atom stereocenters. The molecular formula is C16H30N8S2. The molecule has 1 rings (SSSR count). The largest absolute Gasteiger partial charge is 0.366 e. The molecule has 0 spiro atoms. The maximum absolute atomic E-state index is 5.02. The lowest BCUT2D eigenvalue weighted by Gasteiger charge is -2.09. The van der Waals surface area contributed by atoms with Crippen molar-refractivity contribution in [3.8, 4) is 0 Å². The Balaban J connectivity index is 2.12. The minimum atomic E-state index is 0.666. The maximum Gasteiger partial charge on any atom is 0.166 e. The number of hydrogen-bond donors (Lipinski definition) is 6. The molecule has 0 aliphatic rings. The first-order chi connectivity index (χ1) is 12.7. The van der Waals surface area contributed by atoms with E-state index in [4.69, 9.17) is 24.4 Å². The van der Waals surface area contributed by atoms with Crippen molar-refractivity contribution in [3.63, 3.8) is 0 Å². The molecule has 0 aliphatic carbocycles. The molecule has 0 unspecified atom stereocenters. The van der Waals surface area contributed by atoms with Gasteiger partial charge in [-0.05, 0) is 49.0 Å². The highest BCUT2D eigenvalue weighted by Gasteiger charge is 2.00. The molecule has 10 heteroatoms. The van der Waals surface area contributed by atoms with Crippen molar-refractivity contribution in [3.05, 3.63) is 23.5 Å². The standard InChI is InChI=1S/C16H30N8S2/c1-17-15(25)21-9-7-19-5-3-13-11-14(24-23-12-13)4-6-20-8-10-22-16(26)18-2/h11-12,19-20H,3-10H2,1-2H3,(H2,17,21,25)(H2,18,22,26). The van der Waals surface area contributed by atoms with Gasteiger partial charge in [0.25, 0.3) is 0 Å². The fraction of sp³-hybridized carbons (Fsp3) is 0.625. The number of nitrogens with one attached hydrogen (secondary N) is 6. The van der Waals surface area contributed by atoms with E-state index in [1.165, 1.54) is 5.56 Å². The molecule has 6 N–H and O–H groups in total. The lowest BCUT2D eigenvalue weighted by Crippen LogP contribution is -2.37. The predicted molar refractivity (Wildman–Crippen MR) is 115 cm³/mol. The van der Waals surface area contributed by atoms with E-state index >= 15 is 0 Å². The molecule has 0 saturated heterocycles. The monoisotopic (exact) mass is 398 g/mol. The van der Waals surface area contributed by atoms with Crippen LogP contribution in [0, 0.1) is 0 Å². The highest BCUT2D eigenvalue weighted by atomic mass is 32.1. The molecule has 0 saturated carbocycles. The summed E-state index contributed by atoms with van der Waals surface area (Å²) in [6.45, 7) is 5.08. The zero-order valence-electron chi connectivity index (χ0n) is 15.5. The van der Waals surface area contributed by atoms with E-state index in [2.05, 4.69) is 48.2 Å². The van der Waals surface area contributed by atoms with Crippen LogP contribution in [-0.4, -0.2) is 73.8 Å². The average molecular weight is 399 g/mol. The number of nitrogens with zero attached hydrogens (tertiary/aromatic N) is 2. The number of thiocarbonyl (C=S) groups is 2. The summed E-state index contributed by atoms with van der Waals surface area (Å²) in [5.74, 6) is 0. The molecule has 26 heavy (non-hydrogen) atoms. The number of hydrogen-bond acceptors (Lipinski definition) is 6. The first-order valence-electron chi connectivity index (χ1n) is 8.78.